The number of anilines is 1. The zero-order valence-electron chi connectivity index (χ0n) is 12.4. The molecule has 0 fully saturated rings. The summed E-state index contributed by atoms with van der Waals surface area (Å²) in [5.41, 5.74) is 7.34. The van der Waals surface area contributed by atoms with Crippen molar-refractivity contribution in [1.29, 1.82) is 0 Å². The van der Waals surface area contributed by atoms with E-state index in [9.17, 15) is 4.79 Å². The summed E-state index contributed by atoms with van der Waals surface area (Å²) in [5.74, 6) is 0.0587. The Morgan fingerprint density at radius 3 is 2.86 bits per heavy atom. The van der Waals surface area contributed by atoms with Gasteiger partial charge in [0.1, 0.15) is 12.3 Å². The third-order valence-electron chi connectivity index (χ3n) is 2.98. The Labute approximate surface area is 123 Å². The van der Waals surface area contributed by atoms with Gasteiger partial charge in [-0.2, -0.15) is 0 Å². The molecule has 0 aliphatic rings. The number of carbonyl (C=O) groups is 1. The largest absolute Gasteiger partial charge is 0.481 e. The summed E-state index contributed by atoms with van der Waals surface area (Å²) in [4.78, 5) is 16.3. The van der Waals surface area contributed by atoms with Gasteiger partial charge in [-0.25, -0.2) is 9.78 Å². The number of nitrogens with zero attached hydrogens (tertiary/aromatic N) is 2. The Morgan fingerprint density at radius 1 is 1.43 bits per heavy atom. The molecular weight excluding hydrogens is 270 g/mol. The van der Waals surface area contributed by atoms with Gasteiger partial charge in [-0.05, 0) is 26.0 Å². The molecule has 2 N–H and O–H groups in total. The lowest BCUT2D eigenvalue weighted by atomic mass is 10.3. The number of nitrogens with two attached hydrogens (primary N) is 1. The maximum atomic E-state index is 12.2. The van der Waals surface area contributed by atoms with Crippen LogP contribution < -0.4 is 10.5 Å². The molecule has 21 heavy (non-hydrogen) atoms. The fourth-order valence-electron chi connectivity index (χ4n) is 1.96. The molecule has 0 bridgehead atoms. The maximum absolute atomic E-state index is 12.2. The van der Waals surface area contributed by atoms with Crippen LogP contribution in [0.1, 0.15) is 36.1 Å². The summed E-state index contributed by atoms with van der Waals surface area (Å²) in [6.07, 6.45) is 1.73. The highest BCUT2D eigenvalue weighted by Crippen LogP contribution is 2.18. The SMILES string of the molecule is COc1cccc(COC(=O)c2cc(N)cn2C(C)C)n1. The summed E-state index contributed by atoms with van der Waals surface area (Å²) in [6.45, 7) is 4.03. The molecule has 0 spiro atoms. The minimum atomic E-state index is -0.426. The van der Waals surface area contributed by atoms with Gasteiger partial charge in [0.05, 0.1) is 18.5 Å². The molecule has 112 valence electrons. The van der Waals surface area contributed by atoms with E-state index >= 15 is 0 Å². The van der Waals surface area contributed by atoms with Crippen LogP contribution in [0.15, 0.2) is 30.5 Å². The molecule has 6 nitrogen and oxygen atoms in total. The number of rotatable bonds is 5. The molecule has 0 atom stereocenters. The summed E-state index contributed by atoms with van der Waals surface area (Å²) >= 11 is 0. The van der Waals surface area contributed by atoms with Crippen LogP contribution in [0.3, 0.4) is 0 Å². The number of pyridine rings is 1. The first-order valence-corrected chi connectivity index (χ1v) is 6.65. The van der Waals surface area contributed by atoms with E-state index in [4.69, 9.17) is 15.2 Å². The third-order valence-corrected chi connectivity index (χ3v) is 2.98. The van der Waals surface area contributed by atoms with Crippen molar-refractivity contribution >= 4 is 11.7 Å². The monoisotopic (exact) mass is 289 g/mol. The van der Waals surface area contributed by atoms with Crippen molar-refractivity contribution in [1.82, 2.24) is 9.55 Å². The number of nitrogen functional groups attached to an aromatic ring is 1. The highest BCUT2D eigenvalue weighted by Gasteiger charge is 2.16. The second-order valence-electron chi connectivity index (χ2n) is 4.91. The van der Waals surface area contributed by atoms with Crippen molar-refractivity contribution in [3.63, 3.8) is 0 Å². The normalized spacial score (nSPS) is 10.7. The zero-order valence-corrected chi connectivity index (χ0v) is 12.4. The lowest BCUT2D eigenvalue weighted by molar-refractivity contribution is 0.0452. The molecule has 0 aliphatic heterocycles. The molecule has 0 saturated carbocycles. The number of ether oxygens (including phenoxy) is 2. The van der Waals surface area contributed by atoms with Gasteiger partial charge in [0, 0.05) is 18.3 Å². The number of methoxy groups -OCH3 is 1. The second kappa shape index (κ2) is 6.30. The lowest BCUT2D eigenvalue weighted by Crippen LogP contribution is -2.13. The Bertz CT molecular complexity index is 635. The highest BCUT2D eigenvalue weighted by molar-refractivity contribution is 5.89. The quantitative estimate of drug-likeness (QED) is 0.855. The Kier molecular flexibility index (Phi) is 4.47. The van der Waals surface area contributed by atoms with Crippen LogP contribution in [0.2, 0.25) is 0 Å². The van der Waals surface area contributed by atoms with Crippen molar-refractivity contribution in [2.24, 2.45) is 0 Å². The van der Waals surface area contributed by atoms with Gasteiger partial charge < -0.3 is 19.8 Å². The van der Waals surface area contributed by atoms with Gasteiger partial charge in [-0.1, -0.05) is 6.07 Å². The summed E-state index contributed by atoms with van der Waals surface area (Å²) in [5, 5.41) is 0. The topological polar surface area (TPSA) is 79.4 Å². The Morgan fingerprint density at radius 2 is 2.19 bits per heavy atom. The van der Waals surface area contributed by atoms with Crippen LogP contribution in [0, 0.1) is 0 Å². The first-order chi connectivity index (χ1) is 10.0. The first-order valence-electron chi connectivity index (χ1n) is 6.65. The van der Waals surface area contributed by atoms with E-state index in [1.807, 2.05) is 13.8 Å². The minimum Gasteiger partial charge on any atom is -0.481 e. The molecule has 0 unspecified atom stereocenters. The van der Waals surface area contributed by atoms with Crippen molar-refractivity contribution in [2.75, 3.05) is 12.8 Å². The van der Waals surface area contributed by atoms with E-state index in [2.05, 4.69) is 4.98 Å². The molecule has 0 aliphatic carbocycles. The fourth-order valence-corrected chi connectivity index (χ4v) is 1.96. The van der Waals surface area contributed by atoms with E-state index in [1.54, 1.807) is 35.0 Å². The molecule has 2 aromatic rings. The van der Waals surface area contributed by atoms with Gasteiger partial charge in [-0.3, -0.25) is 0 Å². The van der Waals surface area contributed by atoms with Gasteiger partial charge in [0.2, 0.25) is 5.88 Å². The Balaban J connectivity index is 2.08. The molecule has 0 amide bonds. The van der Waals surface area contributed by atoms with Crippen molar-refractivity contribution in [3.8, 4) is 5.88 Å². The second-order valence-corrected chi connectivity index (χ2v) is 4.91. The predicted octanol–water partition coefficient (Wildman–Crippen LogP) is 2.41. The van der Waals surface area contributed by atoms with Gasteiger partial charge in [-0.15, -0.1) is 0 Å². The van der Waals surface area contributed by atoms with Crippen molar-refractivity contribution in [3.05, 3.63) is 41.9 Å². The van der Waals surface area contributed by atoms with E-state index in [0.717, 1.165) is 0 Å². The van der Waals surface area contributed by atoms with Crippen LogP contribution in [-0.2, 0) is 11.3 Å². The van der Waals surface area contributed by atoms with Gasteiger partial charge in [0.25, 0.3) is 0 Å². The first kappa shape index (κ1) is 14.9. The standard InChI is InChI=1S/C15H19N3O3/c1-10(2)18-8-11(16)7-13(18)15(19)21-9-12-5-4-6-14(17-12)20-3/h4-8,10H,9,16H2,1-3H3. The maximum Gasteiger partial charge on any atom is 0.355 e. The molecule has 2 aromatic heterocycles. The van der Waals surface area contributed by atoms with E-state index in [-0.39, 0.29) is 12.6 Å². The van der Waals surface area contributed by atoms with Gasteiger partial charge >= 0.3 is 5.97 Å². The molecular formula is C15H19N3O3. The number of carbonyl (C=O) groups excluding carboxylic acids is 1. The van der Waals surface area contributed by atoms with Crippen LogP contribution in [0.5, 0.6) is 5.88 Å². The van der Waals surface area contributed by atoms with E-state index < -0.39 is 5.97 Å². The average Bonchev–Trinajstić information content (AvgIpc) is 2.87. The Hall–Kier alpha value is -2.50. The molecule has 2 heterocycles. The zero-order chi connectivity index (χ0) is 15.4. The van der Waals surface area contributed by atoms with Crippen molar-refractivity contribution in [2.45, 2.75) is 26.5 Å². The number of esters is 1. The van der Waals surface area contributed by atoms with Crippen molar-refractivity contribution < 1.29 is 14.3 Å². The highest BCUT2D eigenvalue weighted by atomic mass is 16.5. The smallest absolute Gasteiger partial charge is 0.355 e. The van der Waals surface area contributed by atoms with Gasteiger partial charge in [0.15, 0.2) is 0 Å². The molecule has 6 heteroatoms. The number of aromatic nitrogens is 2. The minimum absolute atomic E-state index is 0.0826. The summed E-state index contributed by atoms with van der Waals surface area (Å²) < 4.78 is 12.1. The summed E-state index contributed by atoms with van der Waals surface area (Å²) in [6, 6.07) is 7.03. The molecule has 0 aromatic carbocycles. The lowest BCUT2D eigenvalue weighted by Gasteiger charge is -2.12. The average molecular weight is 289 g/mol. The summed E-state index contributed by atoms with van der Waals surface area (Å²) in [7, 11) is 1.54. The fraction of sp³-hybridized carbons (Fsp3) is 0.333. The number of hydrogen-bond acceptors (Lipinski definition) is 5. The van der Waals surface area contributed by atoms with Crippen LogP contribution in [0.25, 0.3) is 0 Å². The predicted molar refractivity (Wildman–Crippen MR) is 79.1 cm³/mol. The van der Waals surface area contributed by atoms with Crippen LogP contribution in [0.4, 0.5) is 5.69 Å². The van der Waals surface area contributed by atoms with E-state index in [1.165, 1.54) is 7.11 Å². The molecule has 2 rings (SSSR count). The molecule has 0 saturated heterocycles. The number of hydrogen-bond donors (Lipinski definition) is 1. The third kappa shape index (κ3) is 3.53. The van der Waals surface area contributed by atoms with Crippen LogP contribution >= 0.6 is 0 Å². The van der Waals surface area contributed by atoms with E-state index in [0.29, 0.717) is 23.0 Å². The molecule has 0 radical (unpaired) electrons. The van der Waals surface area contributed by atoms with Crippen LogP contribution in [-0.4, -0.2) is 22.6 Å².